The number of hydrogen-bond donors (Lipinski definition) is 1. The topological polar surface area (TPSA) is 27.7 Å². The van der Waals surface area contributed by atoms with Crippen LogP contribution >= 0.6 is 0 Å². The van der Waals surface area contributed by atoms with Gasteiger partial charge in [0.2, 0.25) is 0 Å². The molecule has 1 aliphatic heterocycles. The third-order valence-corrected chi connectivity index (χ3v) is 3.55. The quantitative estimate of drug-likeness (QED) is 0.840. The Bertz CT molecular complexity index is 360. The second-order valence-electron chi connectivity index (χ2n) is 4.94. The highest BCUT2D eigenvalue weighted by Gasteiger charge is 2.10. The van der Waals surface area contributed by atoms with Crippen molar-refractivity contribution in [3.8, 4) is 5.75 Å². The van der Waals surface area contributed by atoms with E-state index in [1.807, 2.05) is 19.1 Å². The van der Waals surface area contributed by atoms with Gasteiger partial charge in [-0.2, -0.15) is 0 Å². The van der Waals surface area contributed by atoms with Crippen molar-refractivity contribution in [1.29, 1.82) is 0 Å². The van der Waals surface area contributed by atoms with Gasteiger partial charge in [-0.05, 0) is 31.2 Å². The molecule has 4 nitrogen and oxygen atoms in total. The number of nitrogens with zero attached hydrogens (tertiary/aromatic N) is 2. The van der Waals surface area contributed by atoms with Crippen LogP contribution in [0.2, 0.25) is 0 Å². The largest absolute Gasteiger partial charge is 0.494 e. The molecule has 1 fully saturated rings. The highest BCUT2D eigenvalue weighted by molar-refractivity contribution is 5.48. The fraction of sp³-hybridized carbons (Fsp3) is 0.600. The van der Waals surface area contributed by atoms with Crippen LogP contribution in [-0.4, -0.2) is 57.8 Å². The van der Waals surface area contributed by atoms with Crippen LogP contribution in [0.5, 0.6) is 5.75 Å². The Kier molecular flexibility index (Phi) is 5.48. The minimum absolute atomic E-state index is 0.720. The van der Waals surface area contributed by atoms with E-state index < -0.39 is 0 Å². The molecule has 0 saturated carbocycles. The Morgan fingerprint density at radius 2 is 1.89 bits per heavy atom. The number of nitrogens with one attached hydrogen (secondary N) is 1. The number of ether oxygens (including phenoxy) is 1. The molecule has 0 unspecified atom stereocenters. The second kappa shape index (κ2) is 7.36. The van der Waals surface area contributed by atoms with Gasteiger partial charge < -0.3 is 15.0 Å². The lowest BCUT2D eigenvalue weighted by molar-refractivity contribution is 0.246. The number of hydrogen-bond acceptors (Lipinski definition) is 4. The van der Waals surface area contributed by atoms with Gasteiger partial charge in [0.25, 0.3) is 0 Å². The summed E-state index contributed by atoms with van der Waals surface area (Å²) in [7, 11) is 2.15. The zero-order chi connectivity index (χ0) is 13.5. The number of anilines is 1. The first-order valence-electron chi connectivity index (χ1n) is 7.16. The van der Waals surface area contributed by atoms with Gasteiger partial charge in [0.05, 0.1) is 6.61 Å². The highest BCUT2D eigenvalue weighted by Crippen LogP contribution is 2.18. The van der Waals surface area contributed by atoms with Crippen LogP contribution in [0, 0.1) is 0 Å². The molecular formula is C15H25N3O. The van der Waals surface area contributed by atoms with Crippen molar-refractivity contribution in [3.63, 3.8) is 0 Å². The fourth-order valence-corrected chi connectivity index (χ4v) is 2.32. The molecule has 106 valence electrons. The summed E-state index contributed by atoms with van der Waals surface area (Å²) in [5.74, 6) is 0.946. The average molecular weight is 263 g/mol. The number of rotatable bonds is 6. The van der Waals surface area contributed by atoms with E-state index in [1.165, 1.54) is 5.69 Å². The maximum Gasteiger partial charge on any atom is 0.119 e. The van der Waals surface area contributed by atoms with Gasteiger partial charge in [-0.15, -0.1) is 0 Å². The van der Waals surface area contributed by atoms with Gasteiger partial charge in [0, 0.05) is 52.0 Å². The van der Waals surface area contributed by atoms with Crippen molar-refractivity contribution in [2.24, 2.45) is 0 Å². The second-order valence-corrected chi connectivity index (χ2v) is 4.94. The van der Waals surface area contributed by atoms with E-state index in [1.54, 1.807) is 0 Å². The van der Waals surface area contributed by atoms with E-state index in [-0.39, 0.29) is 0 Å². The molecule has 1 aromatic carbocycles. The minimum Gasteiger partial charge on any atom is -0.494 e. The number of benzene rings is 1. The standard InChI is InChI=1S/C15H25N3O/c1-3-19-15-6-4-14(5-7-15)17(2)12-13-18-10-8-16-9-11-18/h4-7,16H,3,8-13H2,1-2H3. The molecule has 0 aliphatic carbocycles. The third kappa shape index (κ3) is 4.40. The first-order chi connectivity index (χ1) is 9.29. The third-order valence-electron chi connectivity index (χ3n) is 3.55. The predicted octanol–water partition coefficient (Wildman–Crippen LogP) is 1.43. The van der Waals surface area contributed by atoms with Gasteiger partial charge in [-0.3, -0.25) is 4.90 Å². The maximum absolute atomic E-state index is 5.46. The fourth-order valence-electron chi connectivity index (χ4n) is 2.32. The monoisotopic (exact) mass is 263 g/mol. The van der Waals surface area contributed by atoms with Crippen LogP contribution in [-0.2, 0) is 0 Å². The van der Waals surface area contributed by atoms with Crippen LogP contribution in [0.4, 0.5) is 5.69 Å². The Labute approximate surface area is 116 Å². The molecule has 1 saturated heterocycles. The Balaban J connectivity index is 1.79. The van der Waals surface area contributed by atoms with Crippen molar-refractivity contribution < 1.29 is 4.74 Å². The highest BCUT2D eigenvalue weighted by atomic mass is 16.5. The van der Waals surface area contributed by atoms with Crippen molar-refractivity contribution in [2.45, 2.75) is 6.92 Å². The molecule has 1 N–H and O–H groups in total. The lowest BCUT2D eigenvalue weighted by atomic mass is 10.2. The number of likely N-dealkylation sites (N-methyl/N-ethyl adjacent to an activating group) is 1. The van der Waals surface area contributed by atoms with Gasteiger partial charge in [0.1, 0.15) is 5.75 Å². The van der Waals surface area contributed by atoms with E-state index in [0.29, 0.717) is 0 Å². The van der Waals surface area contributed by atoms with E-state index in [0.717, 1.165) is 51.6 Å². The molecule has 1 heterocycles. The zero-order valence-corrected chi connectivity index (χ0v) is 12.1. The van der Waals surface area contributed by atoms with Gasteiger partial charge in [-0.1, -0.05) is 0 Å². The molecule has 0 aromatic heterocycles. The smallest absolute Gasteiger partial charge is 0.119 e. The summed E-state index contributed by atoms with van der Waals surface area (Å²) in [6.07, 6.45) is 0. The Hall–Kier alpha value is -1.26. The minimum atomic E-state index is 0.720. The molecule has 0 bridgehead atoms. The first kappa shape index (κ1) is 14.2. The molecule has 0 atom stereocenters. The van der Waals surface area contributed by atoms with Crippen LogP contribution < -0.4 is 15.0 Å². The lowest BCUT2D eigenvalue weighted by Gasteiger charge is -2.29. The van der Waals surface area contributed by atoms with Crippen molar-refractivity contribution in [3.05, 3.63) is 24.3 Å². The van der Waals surface area contributed by atoms with Crippen LogP contribution in [0.3, 0.4) is 0 Å². The molecule has 4 heteroatoms. The van der Waals surface area contributed by atoms with Crippen LogP contribution in [0.1, 0.15) is 6.92 Å². The Morgan fingerprint density at radius 3 is 2.53 bits per heavy atom. The summed E-state index contributed by atoms with van der Waals surface area (Å²) in [5, 5.41) is 3.38. The predicted molar refractivity (Wildman–Crippen MR) is 80.2 cm³/mol. The number of piperazine rings is 1. The van der Waals surface area contributed by atoms with E-state index in [2.05, 4.69) is 34.3 Å². The van der Waals surface area contributed by atoms with E-state index in [4.69, 9.17) is 4.74 Å². The van der Waals surface area contributed by atoms with Gasteiger partial charge >= 0.3 is 0 Å². The van der Waals surface area contributed by atoms with Crippen LogP contribution in [0.15, 0.2) is 24.3 Å². The maximum atomic E-state index is 5.46. The molecule has 0 amide bonds. The van der Waals surface area contributed by atoms with E-state index in [9.17, 15) is 0 Å². The molecule has 19 heavy (non-hydrogen) atoms. The Morgan fingerprint density at radius 1 is 1.21 bits per heavy atom. The molecule has 1 aromatic rings. The summed E-state index contributed by atoms with van der Waals surface area (Å²) in [6.45, 7) is 9.48. The summed E-state index contributed by atoms with van der Waals surface area (Å²) < 4.78 is 5.46. The summed E-state index contributed by atoms with van der Waals surface area (Å²) in [5.41, 5.74) is 1.25. The summed E-state index contributed by atoms with van der Waals surface area (Å²) in [6, 6.07) is 8.34. The van der Waals surface area contributed by atoms with Crippen LogP contribution in [0.25, 0.3) is 0 Å². The summed E-state index contributed by atoms with van der Waals surface area (Å²) >= 11 is 0. The lowest BCUT2D eigenvalue weighted by Crippen LogP contribution is -2.46. The zero-order valence-electron chi connectivity index (χ0n) is 12.1. The normalized spacial score (nSPS) is 16.3. The van der Waals surface area contributed by atoms with E-state index >= 15 is 0 Å². The molecule has 2 rings (SSSR count). The molecular weight excluding hydrogens is 238 g/mol. The van der Waals surface area contributed by atoms with Crippen molar-refractivity contribution in [2.75, 3.05) is 57.8 Å². The average Bonchev–Trinajstić information content (AvgIpc) is 2.47. The van der Waals surface area contributed by atoms with Crippen molar-refractivity contribution in [1.82, 2.24) is 10.2 Å². The molecule has 1 aliphatic rings. The summed E-state index contributed by atoms with van der Waals surface area (Å²) in [4.78, 5) is 4.82. The van der Waals surface area contributed by atoms with Crippen molar-refractivity contribution >= 4 is 5.69 Å². The first-order valence-corrected chi connectivity index (χ1v) is 7.16. The van der Waals surface area contributed by atoms with Gasteiger partial charge in [0.15, 0.2) is 0 Å². The SMILES string of the molecule is CCOc1ccc(N(C)CCN2CCNCC2)cc1. The van der Waals surface area contributed by atoms with Gasteiger partial charge in [-0.25, -0.2) is 0 Å². The molecule has 0 spiro atoms. The molecule has 0 radical (unpaired) electrons.